The number of allylic oxidation sites excluding steroid dienone is 1. The van der Waals surface area contributed by atoms with Crippen LogP contribution < -0.4 is 9.80 Å². The zero-order valence-electron chi connectivity index (χ0n) is 25.7. The van der Waals surface area contributed by atoms with E-state index in [9.17, 15) is 24.0 Å². The largest absolute Gasteiger partial charge is 0.463 e. The van der Waals surface area contributed by atoms with E-state index >= 15 is 0 Å². The lowest BCUT2D eigenvalue weighted by Gasteiger charge is -2.55. The number of anilines is 2. The fourth-order valence-corrected chi connectivity index (χ4v) is 8.33. The summed E-state index contributed by atoms with van der Waals surface area (Å²) in [5.41, 5.74) is 2.42. The fraction of sp³-hybridized carbons (Fsp3) is 0.457. The van der Waals surface area contributed by atoms with Crippen LogP contribution in [0.2, 0.25) is 0 Å². The topological polar surface area (TPSA) is 101 Å². The van der Waals surface area contributed by atoms with Crippen LogP contribution in [0.15, 0.2) is 59.7 Å². The zero-order chi connectivity index (χ0) is 31.1. The molecule has 1 saturated carbocycles. The molecule has 224 valence electrons. The molecule has 0 aromatic heterocycles. The third kappa shape index (κ3) is 3.84. The molecule has 2 bridgehead atoms. The average molecular weight is 583 g/mol. The van der Waals surface area contributed by atoms with Crippen molar-refractivity contribution in [1.82, 2.24) is 0 Å². The number of hydrogen-bond donors (Lipinski definition) is 0. The van der Waals surface area contributed by atoms with Gasteiger partial charge in [0, 0.05) is 16.9 Å². The molecule has 4 amide bonds. The van der Waals surface area contributed by atoms with Gasteiger partial charge in [-0.1, -0.05) is 64.5 Å². The average Bonchev–Trinajstić information content (AvgIpc) is 3.39. The Balaban J connectivity index is 1.49. The van der Waals surface area contributed by atoms with Gasteiger partial charge in [0.15, 0.2) is 0 Å². The molecule has 0 spiro atoms. The highest BCUT2D eigenvalue weighted by atomic mass is 16.5. The first-order valence-electron chi connectivity index (χ1n) is 15.2. The monoisotopic (exact) mass is 582 g/mol. The molecule has 3 aliphatic carbocycles. The number of amides is 4. The molecule has 3 fully saturated rings. The number of hydrogen-bond acceptors (Lipinski definition) is 6. The molecule has 4 atom stereocenters. The van der Waals surface area contributed by atoms with E-state index in [0.29, 0.717) is 16.9 Å². The predicted octanol–water partition coefficient (Wildman–Crippen LogP) is 5.37. The number of esters is 1. The summed E-state index contributed by atoms with van der Waals surface area (Å²) in [7, 11) is 0. The summed E-state index contributed by atoms with van der Waals surface area (Å²) in [5.74, 6) is -6.27. The molecule has 5 aliphatic rings. The van der Waals surface area contributed by atoms with Crippen molar-refractivity contribution in [2.45, 2.75) is 60.3 Å². The van der Waals surface area contributed by atoms with Crippen LogP contribution in [0.3, 0.4) is 0 Å². The third-order valence-corrected chi connectivity index (χ3v) is 10.3. The second-order valence-corrected chi connectivity index (χ2v) is 13.1. The number of benzene rings is 2. The van der Waals surface area contributed by atoms with Crippen molar-refractivity contribution in [2.75, 3.05) is 16.4 Å². The van der Waals surface area contributed by atoms with Crippen molar-refractivity contribution in [3.63, 3.8) is 0 Å². The highest BCUT2D eigenvalue weighted by Gasteiger charge is 2.77. The minimum Gasteiger partial charge on any atom is -0.463 e. The fourth-order valence-electron chi connectivity index (χ4n) is 8.33. The van der Waals surface area contributed by atoms with Gasteiger partial charge < -0.3 is 4.74 Å². The molecule has 2 aromatic rings. The maximum Gasteiger partial charge on any atom is 0.334 e. The van der Waals surface area contributed by atoms with Gasteiger partial charge in [0.25, 0.3) is 0 Å². The van der Waals surface area contributed by atoms with E-state index in [0.717, 1.165) is 11.1 Å². The normalized spacial score (nSPS) is 29.7. The van der Waals surface area contributed by atoms with Gasteiger partial charge in [-0.3, -0.25) is 29.0 Å². The van der Waals surface area contributed by atoms with E-state index in [1.54, 1.807) is 45.0 Å². The Morgan fingerprint density at radius 3 is 1.47 bits per heavy atom. The van der Waals surface area contributed by atoms with Gasteiger partial charge in [-0.2, -0.15) is 0 Å². The van der Waals surface area contributed by atoms with E-state index in [4.69, 9.17) is 4.74 Å². The second-order valence-electron chi connectivity index (χ2n) is 13.1. The first-order chi connectivity index (χ1) is 20.4. The molecule has 43 heavy (non-hydrogen) atoms. The lowest BCUT2D eigenvalue weighted by atomic mass is 9.43. The van der Waals surface area contributed by atoms with Crippen LogP contribution in [0.4, 0.5) is 11.4 Å². The van der Waals surface area contributed by atoms with Crippen LogP contribution >= 0.6 is 0 Å². The summed E-state index contributed by atoms with van der Waals surface area (Å²) in [6, 6.07) is 14.6. The van der Waals surface area contributed by atoms with Crippen LogP contribution in [-0.4, -0.2) is 36.2 Å². The Kier molecular flexibility index (Phi) is 6.75. The van der Waals surface area contributed by atoms with E-state index in [-0.39, 0.29) is 24.0 Å². The van der Waals surface area contributed by atoms with Crippen LogP contribution in [0, 0.1) is 35.0 Å². The number of rotatable bonds is 6. The summed E-state index contributed by atoms with van der Waals surface area (Å²) in [6.45, 7) is 13.5. The van der Waals surface area contributed by atoms with E-state index in [1.807, 2.05) is 24.3 Å². The molecule has 0 radical (unpaired) electrons. The van der Waals surface area contributed by atoms with Crippen LogP contribution in [-0.2, 0) is 28.7 Å². The van der Waals surface area contributed by atoms with Gasteiger partial charge in [-0.05, 0) is 61.1 Å². The molecule has 2 saturated heterocycles. The Labute approximate surface area is 252 Å². The highest BCUT2D eigenvalue weighted by Crippen LogP contribution is 2.68. The van der Waals surface area contributed by atoms with Crippen LogP contribution in [0.25, 0.3) is 0 Å². The number of carbonyl (C=O) groups excluding carboxylic acids is 5. The number of nitrogens with zero attached hydrogens (tertiary/aromatic N) is 2. The summed E-state index contributed by atoms with van der Waals surface area (Å²) < 4.78 is 5.47. The van der Waals surface area contributed by atoms with Crippen LogP contribution in [0.5, 0.6) is 0 Å². The molecular formula is C35H38N2O6. The minimum atomic E-state index is -1.42. The van der Waals surface area contributed by atoms with Crippen molar-refractivity contribution in [3.05, 3.63) is 70.8 Å². The maximum absolute atomic E-state index is 14.3. The molecule has 0 N–H and O–H groups in total. The van der Waals surface area contributed by atoms with Gasteiger partial charge >= 0.3 is 5.97 Å². The van der Waals surface area contributed by atoms with E-state index < -0.39 is 64.6 Å². The molecule has 0 unspecified atom stereocenters. The molecule has 2 heterocycles. The Morgan fingerprint density at radius 2 is 1.12 bits per heavy atom. The summed E-state index contributed by atoms with van der Waals surface area (Å²) in [5, 5.41) is 0. The van der Waals surface area contributed by atoms with Crippen molar-refractivity contribution in [2.24, 2.45) is 35.0 Å². The first-order valence-corrected chi connectivity index (χ1v) is 15.2. The number of ether oxygens (including phenoxy) is 1. The number of imide groups is 2. The lowest BCUT2D eigenvalue weighted by Crippen LogP contribution is -2.61. The van der Waals surface area contributed by atoms with Gasteiger partial charge in [0.05, 0.1) is 41.7 Å². The van der Waals surface area contributed by atoms with Crippen molar-refractivity contribution in [3.8, 4) is 0 Å². The lowest BCUT2D eigenvalue weighted by molar-refractivity contribution is -0.155. The summed E-state index contributed by atoms with van der Waals surface area (Å²) in [4.78, 5) is 73.1. The molecule has 8 nitrogen and oxygen atoms in total. The second kappa shape index (κ2) is 10.00. The zero-order valence-corrected chi connectivity index (χ0v) is 25.7. The maximum atomic E-state index is 14.3. The standard InChI is InChI=1S/C35H38N2O6/c1-8-43-34(42)27-19(6)24-25-28(32(40)36(30(25)38)22-13-9-20(10-14-22)17(2)3)35(27,7)29-26(24)31(39)37(33(29)41)23-15-11-21(12-16-23)18(4)5/h9-18,24-26,28-29H,8H2,1-7H3/t24?,25-,26-,28+,29+,35?/m0/s1. The van der Waals surface area contributed by atoms with Crippen molar-refractivity contribution < 1.29 is 28.7 Å². The Bertz CT molecular complexity index is 1490. The summed E-state index contributed by atoms with van der Waals surface area (Å²) >= 11 is 0. The third-order valence-electron chi connectivity index (χ3n) is 10.3. The van der Waals surface area contributed by atoms with Crippen LogP contribution in [0.1, 0.15) is 71.4 Å². The Hall–Kier alpha value is -4.07. The van der Waals surface area contributed by atoms with E-state index in [2.05, 4.69) is 27.7 Å². The molecule has 8 heteroatoms. The molecule has 2 aliphatic heterocycles. The highest BCUT2D eigenvalue weighted by molar-refractivity contribution is 6.27. The van der Waals surface area contributed by atoms with Gasteiger partial charge in [-0.25, -0.2) is 4.79 Å². The minimum absolute atomic E-state index is 0.112. The first kappa shape index (κ1) is 29.0. The van der Waals surface area contributed by atoms with Gasteiger partial charge in [0.2, 0.25) is 23.6 Å². The smallest absolute Gasteiger partial charge is 0.334 e. The van der Waals surface area contributed by atoms with Crippen molar-refractivity contribution >= 4 is 41.0 Å². The predicted molar refractivity (Wildman–Crippen MR) is 161 cm³/mol. The quantitative estimate of drug-likeness (QED) is 0.335. The van der Waals surface area contributed by atoms with Gasteiger partial charge in [0.1, 0.15) is 0 Å². The molecule has 2 aromatic carbocycles. The van der Waals surface area contributed by atoms with Crippen molar-refractivity contribution in [1.29, 1.82) is 0 Å². The molecule has 7 rings (SSSR count). The van der Waals surface area contributed by atoms with Gasteiger partial charge in [-0.15, -0.1) is 0 Å². The number of carbonyl (C=O) groups is 5. The molecular weight excluding hydrogens is 544 g/mol. The Morgan fingerprint density at radius 1 is 0.721 bits per heavy atom. The SMILES string of the molecule is CCOC(=O)C1=C(C)C2[C@@H]3C(=O)N(c4ccc(C(C)C)cc4)C(=O)[C@@H]3C1(C)[C@H]1C(=O)N(c3ccc(C(C)C)cc3)C(=O)[C@@H]21. The summed E-state index contributed by atoms with van der Waals surface area (Å²) in [6.07, 6.45) is 0. The van der Waals surface area contributed by atoms with E-state index in [1.165, 1.54) is 9.80 Å².